The van der Waals surface area contributed by atoms with Gasteiger partial charge in [-0.25, -0.2) is 9.97 Å². The number of rotatable bonds is 4. The van der Waals surface area contributed by atoms with Crippen LogP contribution in [-0.2, 0) is 6.54 Å². The quantitative estimate of drug-likeness (QED) is 0.880. The number of nitrogens with one attached hydrogen (secondary N) is 1. The first kappa shape index (κ1) is 13.1. The summed E-state index contributed by atoms with van der Waals surface area (Å²) in [6.07, 6.45) is 1.66. The third kappa shape index (κ3) is 3.13. The first-order valence-electron chi connectivity index (χ1n) is 6.06. The van der Waals surface area contributed by atoms with Crippen LogP contribution in [0.5, 0.6) is 5.75 Å². The molecule has 2 rings (SSSR count). The summed E-state index contributed by atoms with van der Waals surface area (Å²) in [6, 6.07) is 5.75. The number of nitrogens with zero attached hydrogens (tertiary/aromatic N) is 2. The van der Waals surface area contributed by atoms with E-state index in [-0.39, 0.29) is 0 Å². The number of nitrogens with two attached hydrogens (primary N) is 1. The average molecular weight is 258 g/mol. The summed E-state index contributed by atoms with van der Waals surface area (Å²) in [5.74, 6) is 2.07. The molecule has 0 spiro atoms. The fraction of sp³-hybridized carbons (Fsp3) is 0.286. The lowest BCUT2D eigenvalue weighted by atomic mass is 10.1. The fourth-order valence-electron chi connectivity index (χ4n) is 2.06. The molecule has 1 heterocycles. The van der Waals surface area contributed by atoms with E-state index in [0.717, 1.165) is 22.6 Å². The number of ether oxygens (including phenoxy) is 1. The molecular formula is C14H18N4O. The van der Waals surface area contributed by atoms with Gasteiger partial charge in [0.15, 0.2) is 0 Å². The molecule has 1 aromatic heterocycles. The Hall–Kier alpha value is -2.30. The summed E-state index contributed by atoms with van der Waals surface area (Å²) in [7, 11) is 1.68. The normalized spacial score (nSPS) is 10.3. The van der Waals surface area contributed by atoms with Crippen LogP contribution >= 0.6 is 0 Å². The van der Waals surface area contributed by atoms with Gasteiger partial charge >= 0.3 is 0 Å². The van der Waals surface area contributed by atoms with Crippen LogP contribution in [-0.4, -0.2) is 17.1 Å². The molecule has 0 aliphatic heterocycles. The van der Waals surface area contributed by atoms with Gasteiger partial charge in [-0.1, -0.05) is 0 Å². The Balaban J connectivity index is 2.12. The Bertz CT molecular complexity index is 560. The van der Waals surface area contributed by atoms with E-state index in [1.165, 1.54) is 0 Å². The van der Waals surface area contributed by atoms with E-state index in [1.807, 2.05) is 26.0 Å². The van der Waals surface area contributed by atoms with Crippen LogP contribution in [0.3, 0.4) is 0 Å². The topological polar surface area (TPSA) is 73.1 Å². The van der Waals surface area contributed by atoms with Crippen molar-refractivity contribution in [3.05, 3.63) is 41.3 Å². The number of benzene rings is 1. The number of aromatic nitrogens is 2. The molecule has 0 fully saturated rings. The van der Waals surface area contributed by atoms with Gasteiger partial charge in [0, 0.05) is 11.9 Å². The number of hydrogen-bond donors (Lipinski definition) is 2. The second kappa shape index (κ2) is 5.56. The molecule has 0 atom stereocenters. The van der Waals surface area contributed by atoms with Crippen LogP contribution in [0.1, 0.15) is 17.0 Å². The number of aryl methyl sites for hydroxylation is 2. The highest BCUT2D eigenvalue weighted by Gasteiger charge is 2.05. The maximum absolute atomic E-state index is 5.62. The van der Waals surface area contributed by atoms with Crippen molar-refractivity contribution in [1.29, 1.82) is 0 Å². The summed E-state index contributed by atoms with van der Waals surface area (Å²) in [4.78, 5) is 8.30. The number of hydrogen-bond acceptors (Lipinski definition) is 5. The van der Waals surface area contributed by atoms with E-state index < -0.39 is 0 Å². The highest BCUT2D eigenvalue weighted by molar-refractivity contribution is 5.55. The van der Waals surface area contributed by atoms with Gasteiger partial charge in [-0.15, -0.1) is 0 Å². The Morgan fingerprint density at radius 2 is 1.95 bits per heavy atom. The number of methoxy groups -OCH3 is 1. The fourth-order valence-corrected chi connectivity index (χ4v) is 2.06. The van der Waals surface area contributed by atoms with Crippen molar-refractivity contribution >= 4 is 11.5 Å². The predicted molar refractivity (Wildman–Crippen MR) is 76.2 cm³/mol. The highest BCUT2D eigenvalue weighted by atomic mass is 16.5. The molecule has 100 valence electrons. The van der Waals surface area contributed by atoms with Gasteiger partial charge in [0.05, 0.1) is 13.7 Å². The molecule has 0 unspecified atom stereocenters. The third-order valence-corrected chi connectivity index (χ3v) is 2.84. The van der Waals surface area contributed by atoms with Crippen LogP contribution in [0.2, 0.25) is 0 Å². The van der Waals surface area contributed by atoms with E-state index in [2.05, 4.69) is 15.3 Å². The summed E-state index contributed by atoms with van der Waals surface area (Å²) in [5, 5.41) is 3.29. The van der Waals surface area contributed by atoms with E-state index in [0.29, 0.717) is 18.2 Å². The molecule has 0 aliphatic rings. The molecule has 5 nitrogen and oxygen atoms in total. The predicted octanol–water partition coefficient (Wildman–Crippen LogP) is 2.30. The maximum atomic E-state index is 5.62. The maximum Gasteiger partial charge on any atom is 0.149 e. The molecule has 0 bridgehead atoms. The summed E-state index contributed by atoms with van der Waals surface area (Å²) in [5.41, 5.74) is 8.83. The Labute approximate surface area is 112 Å². The third-order valence-electron chi connectivity index (χ3n) is 2.84. The van der Waals surface area contributed by atoms with Gasteiger partial charge in [-0.2, -0.15) is 0 Å². The summed E-state index contributed by atoms with van der Waals surface area (Å²) < 4.78 is 5.34. The van der Waals surface area contributed by atoms with Crippen molar-refractivity contribution in [3.63, 3.8) is 0 Å². The zero-order valence-corrected chi connectivity index (χ0v) is 11.4. The van der Waals surface area contributed by atoms with E-state index in [1.54, 1.807) is 19.4 Å². The first-order valence-corrected chi connectivity index (χ1v) is 6.06. The second-order valence-corrected chi connectivity index (χ2v) is 4.39. The molecule has 5 heteroatoms. The zero-order chi connectivity index (χ0) is 13.8. The second-order valence-electron chi connectivity index (χ2n) is 4.39. The van der Waals surface area contributed by atoms with Crippen LogP contribution in [0.15, 0.2) is 24.4 Å². The molecule has 0 aliphatic carbocycles. The van der Waals surface area contributed by atoms with Crippen LogP contribution in [0.25, 0.3) is 0 Å². The lowest BCUT2D eigenvalue weighted by molar-refractivity contribution is 0.408. The molecule has 2 aromatic rings. The largest absolute Gasteiger partial charge is 0.496 e. The van der Waals surface area contributed by atoms with Crippen molar-refractivity contribution in [1.82, 2.24) is 9.97 Å². The van der Waals surface area contributed by atoms with Crippen LogP contribution in [0, 0.1) is 13.8 Å². The van der Waals surface area contributed by atoms with Crippen molar-refractivity contribution in [3.8, 4) is 5.75 Å². The molecule has 0 saturated heterocycles. The van der Waals surface area contributed by atoms with Crippen LogP contribution < -0.4 is 15.8 Å². The number of nitrogen functional groups attached to an aromatic ring is 1. The monoisotopic (exact) mass is 258 g/mol. The summed E-state index contributed by atoms with van der Waals surface area (Å²) in [6.45, 7) is 4.58. The van der Waals surface area contributed by atoms with Crippen molar-refractivity contribution < 1.29 is 4.74 Å². The molecule has 19 heavy (non-hydrogen) atoms. The Kier molecular flexibility index (Phi) is 3.85. The molecular weight excluding hydrogens is 240 g/mol. The Morgan fingerprint density at radius 3 is 2.53 bits per heavy atom. The minimum Gasteiger partial charge on any atom is -0.496 e. The number of anilines is 2. The van der Waals surface area contributed by atoms with Gasteiger partial charge in [0.2, 0.25) is 0 Å². The van der Waals surface area contributed by atoms with E-state index in [4.69, 9.17) is 10.5 Å². The molecule has 3 N–H and O–H groups in total. The van der Waals surface area contributed by atoms with E-state index >= 15 is 0 Å². The van der Waals surface area contributed by atoms with E-state index in [9.17, 15) is 0 Å². The van der Waals surface area contributed by atoms with Gasteiger partial charge < -0.3 is 15.8 Å². The first-order chi connectivity index (χ1) is 9.10. The minimum absolute atomic E-state index is 0.480. The van der Waals surface area contributed by atoms with Gasteiger partial charge in [-0.05, 0) is 43.2 Å². The lowest BCUT2D eigenvalue weighted by Crippen LogP contribution is -2.06. The lowest BCUT2D eigenvalue weighted by Gasteiger charge is -2.12. The molecule has 0 amide bonds. The van der Waals surface area contributed by atoms with Crippen molar-refractivity contribution in [2.24, 2.45) is 0 Å². The zero-order valence-electron chi connectivity index (χ0n) is 11.4. The minimum atomic E-state index is 0.480. The molecule has 1 aromatic carbocycles. The smallest absolute Gasteiger partial charge is 0.149 e. The van der Waals surface area contributed by atoms with Gasteiger partial charge in [-0.3, -0.25) is 0 Å². The Morgan fingerprint density at radius 1 is 1.26 bits per heavy atom. The molecule has 0 saturated carbocycles. The van der Waals surface area contributed by atoms with Crippen molar-refractivity contribution in [2.45, 2.75) is 20.4 Å². The summed E-state index contributed by atoms with van der Waals surface area (Å²) >= 11 is 0. The SMILES string of the molecule is COc1c(C)cc(NCc2nccc(N)n2)cc1C. The molecule has 0 radical (unpaired) electrons. The highest BCUT2D eigenvalue weighted by Crippen LogP contribution is 2.26. The average Bonchev–Trinajstić information content (AvgIpc) is 2.36. The van der Waals surface area contributed by atoms with Gasteiger partial charge in [0.25, 0.3) is 0 Å². The van der Waals surface area contributed by atoms with Crippen molar-refractivity contribution in [2.75, 3.05) is 18.2 Å². The standard InChI is InChI=1S/C14H18N4O/c1-9-6-11(7-10(2)14(9)19-3)17-8-13-16-5-4-12(15)18-13/h4-7,17H,8H2,1-3H3,(H2,15,16,18). The van der Waals surface area contributed by atoms with Crippen LogP contribution in [0.4, 0.5) is 11.5 Å². The van der Waals surface area contributed by atoms with Gasteiger partial charge in [0.1, 0.15) is 17.4 Å².